The number of thioether (sulfide) groups is 1. The Morgan fingerprint density at radius 1 is 1.15 bits per heavy atom. The van der Waals surface area contributed by atoms with Crippen LogP contribution in [0, 0.1) is 0 Å². The highest BCUT2D eigenvalue weighted by Gasteiger charge is 2.13. The Morgan fingerprint density at radius 2 is 1.80 bits per heavy atom. The molecular weight excluding hydrogens is 334 g/mol. The van der Waals surface area contributed by atoms with Crippen LogP contribution in [-0.4, -0.2) is 11.2 Å². The summed E-state index contributed by atoms with van der Waals surface area (Å²) in [6.45, 7) is 1.93. The van der Waals surface area contributed by atoms with Gasteiger partial charge in [0.1, 0.15) is 0 Å². The zero-order valence-electron chi connectivity index (χ0n) is 11.2. The van der Waals surface area contributed by atoms with E-state index in [1.807, 2.05) is 49.4 Å². The molecule has 104 valence electrons. The van der Waals surface area contributed by atoms with Crippen molar-refractivity contribution >= 4 is 39.3 Å². The van der Waals surface area contributed by atoms with Crippen LogP contribution in [0.15, 0.2) is 59.1 Å². The van der Waals surface area contributed by atoms with Gasteiger partial charge in [0.25, 0.3) is 0 Å². The number of amides is 1. The predicted octanol–water partition coefficient (Wildman–Crippen LogP) is 4.71. The maximum Gasteiger partial charge on any atom is 0.237 e. The molecule has 1 amide bonds. The van der Waals surface area contributed by atoms with Crippen molar-refractivity contribution in [1.29, 1.82) is 0 Å². The van der Waals surface area contributed by atoms with Gasteiger partial charge < -0.3 is 5.32 Å². The molecule has 0 unspecified atom stereocenters. The van der Waals surface area contributed by atoms with Crippen LogP contribution in [0.1, 0.15) is 12.5 Å². The highest BCUT2D eigenvalue weighted by molar-refractivity contribution is 9.10. The lowest BCUT2D eigenvalue weighted by Gasteiger charge is -2.12. The highest BCUT2D eigenvalue weighted by atomic mass is 79.9. The Labute approximate surface area is 132 Å². The Kier molecular flexibility index (Phi) is 5.68. The molecule has 0 aliphatic carbocycles. The molecule has 0 aromatic heterocycles. The molecule has 2 rings (SSSR count). The minimum absolute atomic E-state index is 0.0354. The number of nitrogens with one attached hydrogen (secondary N) is 1. The van der Waals surface area contributed by atoms with Crippen molar-refractivity contribution < 1.29 is 4.79 Å². The van der Waals surface area contributed by atoms with Crippen LogP contribution in [0.3, 0.4) is 0 Å². The van der Waals surface area contributed by atoms with Gasteiger partial charge in [0.15, 0.2) is 0 Å². The molecule has 20 heavy (non-hydrogen) atoms. The van der Waals surface area contributed by atoms with Crippen LogP contribution >= 0.6 is 27.7 Å². The number of benzene rings is 2. The molecule has 4 heteroatoms. The first-order valence-electron chi connectivity index (χ1n) is 6.37. The third-order valence-corrected chi connectivity index (χ3v) is 4.57. The second-order valence-corrected chi connectivity index (χ2v) is 6.68. The molecule has 2 nitrogen and oxygen atoms in total. The van der Waals surface area contributed by atoms with E-state index in [0.717, 1.165) is 15.9 Å². The minimum atomic E-state index is -0.0844. The van der Waals surface area contributed by atoms with E-state index in [0.29, 0.717) is 0 Å². The van der Waals surface area contributed by atoms with Crippen molar-refractivity contribution in [2.75, 3.05) is 5.32 Å². The number of rotatable bonds is 5. The first kappa shape index (κ1) is 15.1. The van der Waals surface area contributed by atoms with E-state index in [1.54, 1.807) is 11.8 Å². The summed E-state index contributed by atoms with van der Waals surface area (Å²) in [6.07, 6.45) is 0. The van der Waals surface area contributed by atoms with Gasteiger partial charge in [0, 0.05) is 15.9 Å². The summed E-state index contributed by atoms with van der Waals surface area (Å²) in [5.74, 6) is 0.878. The Morgan fingerprint density at radius 3 is 2.45 bits per heavy atom. The van der Waals surface area contributed by atoms with Gasteiger partial charge in [-0.3, -0.25) is 4.79 Å². The molecule has 0 heterocycles. The first-order chi connectivity index (χ1) is 9.65. The van der Waals surface area contributed by atoms with E-state index in [4.69, 9.17) is 0 Å². The van der Waals surface area contributed by atoms with Gasteiger partial charge in [-0.1, -0.05) is 46.3 Å². The molecule has 0 bridgehead atoms. The minimum Gasteiger partial charge on any atom is -0.325 e. The van der Waals surface area contributed by atoms with E-state index in [-0.39, 0.29) is 11.2 Å². The molecular formula is C16H16BrNOS. The topological polar surface area (TPSA) is 29.1 Å². The van der Waals surface area contributed by atoms with E-state index in [9.17, 15) is 4.79 Å². The number of carbonyl (C=O) groups is 1. The lowest BCUT2D eigenvalue weighted by molar-refractivity contribution is -0.115. The summed E-state index contributed by atoms with van der Waals surface area (Å²) < 4.78 is 1.00. The molecule has 0 radical (unpaired) electrons. The van der Waals surface area contributed by atoms with Gasteiger partial charge in [-0.15, -0.1) is 11.8 Å². The second-order valence-electron chi connectivity index (χ2n) is 4.43. The third-order valence-electron chi connectivity index (χ3n) is 2.82. The average Bonchev–Trinajstić information content (AvgIpc) is 2.48. The van der Waals surface area contributed by atoms with E-state index in [1.165, 1.54) is 5.56 Å². The third kappa shape index (κ3) is 4.69. The lowest BCUT2D eigenvalue weighted by atomic mass is 10.2. The lowest BCUT2D eigenvalue weighted by Crippen LogP contribution is -2.22. The largest absolute Gasteiger partial charge is 0.325 e. The smallest absolute Gasteiger partial charge is 0.237 e. The van der Waals surface area contributed by atoms with Crippen molar-refractivity contribution in [3.8, 4) is 0 Å². The molecule has 2 aromatic carbocycles. The van der Waals surface area contributed by atoms with Gasteiger partial charge in [-0.05, 0) is 36.8 Å². The van der Waals surface area contributed by atoms with Crippen LogP contribution in [0.5, 0.6) is 0 Å². The summed E-state index contributed by atoms with van der Waals surface area (Å²) in [4.78, 5) is 12.1. The van der Waals surface area contributed by atoms with E-state index < -0.39 is 0 Å². The summed E-state index contributed by atoms with van der Waals surface area (Å²) in [5, 5.41) is 2.84. The molecule has 0 aliphatic rings. The van der Waals surface area contributed by atoms with Gasteiger partial charge in [0.05, 0.1) is 5.25 Å². The van der Waals surface area contributed by atoms with Crippen molar-refractivity contribution in [3.05, 3.63) is 64.6 Å². The fraction of sp³-hybridized carbons (Fsp3) is 0.188. The standard InChI is InChI=1S/C16H16BrNOS/c1-12(20-11-13-5-3-2-4-6-13)16(19)18-15-9-7-14(17)8-10-15/h2-10,12H,11H2,1H3,(H,18,19)/t12-/m1/s1. The SMILES string of the molecule is C[C@@H](SCc1ccccc1)C(=O)Nc1ccc(Br)cc1. The van der Waals surface area contributed by atoms with Crippen LogP contribution in [0.2, 0.25) is 0 Å². The number of halogens is 1. The summed E-state index contributed by atoms with van der Waals surface area (Å²) in [7, 11) is 0. The van der Waals surface area contributed by atoms with Crippen LogP contribution < -0.4 is 5.32 Å². The van der Waals surface area contributed by atoms with Gasteiger partial charge in [-0.2, -0.15) is 0 Å². The van der Waals surface area contributed by atoms with Gasteiger partial charge in [0.2, 0.25) is 5.91 Å². The number of hydrogen-bond donors (Lipinski definition) is 1. The summed E-state index contributed by atoms with van der Waals surface area (Å²) in [5.41, 5.74) is 2.06. The molecule has 0 aliphatic heterocycles. The highest BCUT2D eigenvalue weighted by Crippen LogP contribution is 2.20. The Bertz CT molecular complexity index is 556. The Balaban J connectivity index is 1.84. The van der Waals surface area contributed by atoms with Crippen molar-refractivity contribution in [2.45, 2.75) is 17.9 Å². The number of hydrogen-bond acceptors (Lipinski definition) is 2. The zero-order valence-corrected chi connectivity index (χ0v) is 13.6. The normalized spacial score (nSPS) is 11.9. The number of anilines is 1. The maximum absolute atomic E-state index is 12.1. The van der Waals surface area contributed by atoms with Crippen molar-refractivity contribution in [2.24, 2.45) is 0 Å². The van der Waals surface area contributed by atoms with Crippen molar-refractivity contribution in [3.63, 3.8) is 0 Å². The maximum atomic E-state index is 12.1. The Hall–Kier alpha value is -1.26. The molecule has 0 spiro atoms. The van der Waals surface area contributed by atoms with Crippen LogP contribution in [0.25, 0.3) is 0 Å². The molecule has 1 atom stereocenters. The molecule has 0 fully saturated rings. The van der Waals surface area contributed by atoms with Crippen LogP contribution in [0.4, 0.5) is 5.69 Å². The van der Waals surface area contributed by atoms with E-state index >= 15 is 0 Å². The molecule has 1 N–H and O–H groups in total. The summed E-state index contributed by atoms with van der Waals surface area (Å²) >= 11 is 5.01. The fourth-order valence-electron chi connectivity index (χ4n) is 1.65. The zero-order chi connectivity index (χ0) is 14.4. The average molecular weight is 350 g/mol. The quantitative estimate of drug-likeness (QED) is 0.846. The molecule has 0 saturated heterocycles. The number of carbonyl (C=O) groups excluding carboxylic acids is 1. The summed E-state index contributed by atoms with van der Waals surface area (Å²) in [6, 6.07) is 17.8. The monoisotopic (exact) mass is 349 g/mol. The molecule has 2 aromatic rings. The van der Waals surface area contributed by atoms with Gasteiger partial charge in [-0.25, -0.2) is 0 Å². The van der Waals surface area contributed by atoms with Crippen LogP contribution in [-0.2, 0) is 10.5 Å². The second kappa shape index (κ2) is 7.50. The predicted molar refractivity (Wildman–Crippen MR) is 90.0 cm³/mol. The molecule has 0 saturated carbocycles. The van der Waals surface area contributed by atoms with E-state index in [2.05, 4.69) is 33.4 Å². The van der Waals surface area contributed by atoms with Gasteiger partial charge >= 0.3 is 0 Å². The fourth-order valence-corrected chi connectivity index (χ4v) is 2.76. The van der Waals surface area contributed by atoms with Crippen molar-refractivity contribution in [1.82, 2.24) is 0 Å². The first-order valence-corrected chi connectivity index (χ1v) is 8.21.